The summed E-state index contributed by atoms with van der Waals surface area (Å²) in [6.45, 7) is 11.7. The van der Waals surface area contributed by atoms with E-state index in [0.717, 1.165) is 51.6 Å². The van der Waals surface area contributed by atoms with Gasteiger partial charge in [0.15, 0.2) is 0 Å². The molecule has 5 nitrogen and oxygen atoms in total. The summed E-state index contributed by atoms with van der Waals surface area (Å²) in [5, 5.41) is 3.42. The second-order valence-corrected chi connectivity index (χ2v) is 6.29. The predicted molar refractivity (Wildman–Crippen MR) is 82.3 cm³/mol. The molecule has 0 radical (unpaired) electrons. The smallest absolute Gasteiger partial charge is 0.122 e. The van der Waals surface area contributed by atoms with Crippen molar-refractivity contribution in [3.63, 3.8) is 0 Å². The molecule has 3 heterocycles. The van der Waals surface area contributed by atoms with E-state index in [4.69, 9.17) is 9.15 Å². The molecular formula is C16H27N3O2. The quantitative estimate of drug-likeness (QED) is 0.907. The summed E-state index contributed by atoms with van der Waals surface area (Å²) in [7, 11) is 0. The van der Waals surface area contributed by atoms with Crippen LogP contribution < -0.4 is 5.32 Å². The van der Waals surface area contributed by atoms with E-state index in [9.17, 15) is 0 Å². The summed E-state index contributed by atoms with van der Waals surface area (Å²) in [5.74, 6) is 1.08. The molecule has 3 atom stereocenters. The average Bonchev–Trinajstić information content (AvgIpc) is 2.98. The van der Waals surface area contributed by atoms with E-state index in [1.165, 1.54) is 0 Å². The molecule has 0 aliphatic carbocycles. The Labute approximate surface area is 127 Å². The summed E-state index contributed by atoms with van der Waals surface area (Å²) in [6, 6.07) is 4.43. The Morgan fingerprint density at radius 3 is 2.57 bits per heavy atom. The summed E-state index contributed by atoms with van der Waals surface area (Å²) in [4.78, 5) is 5.06. The number of nitrogens with one attached hydrogen (secondary N) is 1. The molecule has 1 aromatic rings. The lowest BCUT2D eigenvalue weighted by Crippen LogP contribution is -2.51. The fourth-order valence-electron chi connectivity index (χ4n) is 3.48. The molecule has 3 rings (SSSR count). The van der Waals surface area contributed by atoms with Crippen LogP contribution in [0.3, 0.4) is 0 Å². The first-order chi connectivity index (χ1) is 10.2. The number of piperazine rings is 1. The van der Waals surface area contributed by atoms with Crippen molar-refractivity contribution in [1.82, 2.24) is 15.1 Å². The highest BCUT2D eigenvalue weighted by atomic mass is 16.5. The zero-order valence-electron chi connectivity index (χ0n) is 13.1. The fourth-order valence-corrected chi connectivity index (χ4v) is 3.48. The lowest BCUT2D eigenvalue weighted by atomic mass is 10.1. The third-order valence-corrected chi connectivity index (χ3v) is 4.40. The molecule has 2 aliphatic heterocycles. The van der Waals surface area contributed by atoms with Crippen LogP contribution in [-0.2, 0) is 4.74 Å². The van der Waals surface area contributed by atoms with Gasteiger partial charge >= 0.3 is 0 Å². The topological polar surface area (TPSA) is 40.9 Å². The van der Waals surface area contributed by atoms with Crippen molar-refractivity contribution in [2.75, 3.05) is 45.8 Å². The molecule has 0 saturated carbocycles. The lowest BCUT2D eigenvalue weighted by Gasteiger charge is -2.41. The van der Waals surface area contributed by atoms with Gasteiger partial charge in [0.2, 0.25) is 0 Å². The fraction of sp³-hybridized carbons (Fsp3) is 0.750. The number of nitrogens with zero attached hydrogens (tertiary/aromatic N) is 2. The lowest BCUT2D eigenvalue weighted by molar-refractivity contribution is -0.0865. The summed E-state index contributed by atoms with van der Waals surface area (Å²) in [6.07, 6.45) is 2.36. The van der Waals surface area contributed by atoms with Gasteiger partial charge in [0, 0.05) is 45.8 Å². The van der Waals surface area contributed by atoms with Crippen molar-refractivity contribution in [2.24, 2.45) is 0 Å². The maximum atomic E-state index is 5.88. The van der Waals surface area contributed by atoms with E-state index in [1.54, 1.807) is 6.26 Å². The van der Waals surface area contributed by atoms with Gasteiger partial charge in [0.05, 0.1) is 24.5 Å². The largest absolute Gasteiger partial charge is 0.468 e. The van der Waals surface area contributed by atoms with Gasteiger partial charge in [-0.05, 0) is 26.0 Å². The van der Waals surface area contributed by atoms with E-state index in [1.807, 2.05) is 6.07 Å². The zero-order valence-corrected chi connectivity index (χ0v) is 13.1. The minimum atomic E-state index is 0.286. The molecule has 0 amide bonds. The van der Waals surface area contributed by atoms with Crippen LogP contribution in [0.15, 0.2) is 22.8 Å². The number of hydrogen-bond acceptors (Lipinski definition) is 5. The highest BCUT2D eigenvalue weighted by molar-refractivity contribution is 5.06. The molecule has 0 aromatic carbocycles. The number of morpholine rings is 1. The highest BCUT2D eigenvalue weighted by Crippen LogP contribution is 2.26. The molecule has 1 N–H and O–H groups in total. The van der Waals surface area contributed by atoms with Gasteiger partial charge in [-0.1, -0.05) is 0 Å². The number of ether oxygens (including phenoxy) is 1. The average molecular weight is 293 g/mol. The Balaban J connectivity index is 1.72. The summed E-state index contributed by atoms with van der Waals surface area (Å²) >= 11 is 0. The van der Waals surface area contributed by atoms with Gasteiger partial charge in [0.25, 0.3) is 0 Å². The van der Waals surface area contributed by atoms with Gasteiger partial charge in [-0.15, -0.1) is 0 Å². The van der Waals surface area contributed by atoms with Crippen LogP contribution in [0, 0.1) is 0 Å². The predicted octanol–water partition coefficient (Wildman–Crippen LogP) is 1.34. The first-order valence-corrected chi connectivity index (χ1v) is 8.08. The minimum Gasteiger partial charge on any atom is -0.468 e. The second-order valence-electron chi connectivity index (χ2n) is 6.29. The first kappa shape index (κ1) is 15.0. The van der Waals surface area contributed by atoms with Crippen LogP contribution in [0.25, 0.3) is 0 Å². The van der Waals surface area contributed by atoms with Crippen molar-refractivity contribution in [3.8, 4) is 0 Å². The van der Waals surface area contributed by atoms with Crippen LogP contribution >= 0.6 is 0 Å². The standard InChI is InChI=1S/C16H27N3O2/c1-13-10-19(11-14(2)21-13)15(16-4-3-9-20-16)12-18-7-5-17-6-8-18/h3-4,9,13-15,17H,5-8,10-12H2,1-2H3. The molecule has 0 bridgehead atoms. The van der Waals surface area contributed by atoms with E-state index < -0.39 is 0 Å². The van der Waals surface area contributed by atoms with Crippen LogP contribution in [-0.4, -0.2) is 67.8 Å². The Hall–Kier alpha value is -0.880. The summed E-state index contributed by atoms with van der Waals surface area (Å²) in [5.41, 5.74) is 0. The monoisotopic (exact) mass is 293 g/mol. The number of rotatable bonds is 4. The SMILES string of the molecule is CC1CN(C(CN2CCNCC2)c2ccco2)CC(C)O1. The Morgan fingerprint density at radius 1 is 1.24 bits per heavy atom. The van der Waals surface area contributed by atoms with Crippen molar-refractivity contribution < 1.29 is 9.15 Å². The second kappa shape index (κ2) is 6.92. The molecule has 2 fully saturated rings. The first-order valence-electron chi connectivity index (χ1n) is 8.08. The molecule has 21 heavy (non-hydrogen) atoms. The van der Waals surface area contributed by atoms with Crippen LogP contribution in [0.5, 0.6) is 0 Å². The number of hydrogen-bond donors (Lipinski definition) is 1. The molecule has 118 valence electrons. The van der Waals surface area contributed by atoms with Gasteiger partial charge < -0.3 is 14.5 Å². The molecular weight excluding hydrogens is 266 g/mol. The molecule has 0 spiro atoms. The molecule has 1 aromatic heterocycles. The molecule has 5 heteroatoms. The Morgan fingerprint density at radius 2 is 1.95 bits per heavy atom. The van der Waals surface area contributed by atoms with E-state index in [-0.39, 0.29) is 12.2 Å². The van der Waals surface area contributed by atoms with Crippen molar-refractivity contribution in [2.45, 2.75) is 32.1 Å². The van der Waals surface area contributed by atoms with Gasteiger partial charge in [-0.2, -0.15) is 0 Å². The third kappa shape index (κ3) is 3.86. The van der Waals surface area contributed by atoms with Crippen LogP contribution in [0.4, 0.5) is 0 Å². The summed E-state index contributed by atoms with van der Waals surface area (Å²) < 4.78 is 11.6. The molecule has 3 unspecified atom stereocenters. The van der Waals surface area contributed by atoms with E-state index >= 15 is 0 Å². The van der Waals surface area contributed by atoms with Crippen LogP contribution in [0.2, 0.25) is 0 Å². The van der Waals surface area contributed by atoms with Crippen molar-refractivity contribution in [3.05, 3.63) is 24.2 Å². The maximum absolute atomic E-state index is 5.88. The van der Waals surface area contributed by atoms with Gasteiger partial charge in [0.1, 0.15) is 5.76 Å². The van der Waals surface area contributed by atoms with Crippen molar-refractivity contribution in [1.29, 1.82) is 0 Å². The zero-order chi connectivity index (χ0) is 14.7. The maximum Gasteiger partial charge on any atom is 0.122 e. The highest BCUT2D eigenvalue weighted by Gasteiger charge is 2.31. The van der Waals surface area contributed by atoms with Gasteiger partial charge in [-0.3, -0.25) is 9.80 Å². The Bertz CT molecular complexity index is 407. The van der Waals surface area contributed by atoms with E-state index in [0.29, 0.717) is 6.04 Å². The van der Waals surface area contributed by atoms with Gasteiger partial charge in [-0.25, -0.2) is 0 Å². The molecule has 2 aliphatic rings. The third-order valence-electron chi connectivity index (χ3n) is 4.40. The number of furan rings is 1. The normalized spacial score (nSPS) is 30.4. The molecule has 2 saturated heterocycles. The van der Waals surface area contributed by atoms with E-state index in [2.05, 4.69) is 35.0 Å². The minimum absolute atomic E-state index is 0.286. The van der Waals surface area contributed by atoms with Crippen molar-refractivity contribution >= 4 is 0 Å². The Kier molecular flexibility index (Phi) is 4.95. The van der Waals surface area contributed by atoms with Crippen LogP contribution in [0.1, 0.15) is 25.6 Å².